The van der Waals surface area contributed by atoms with Crippen LogP contribution in [0.2, 0.25) is 0 Å². The topological polar surface area (TPSA) is 91.6 Å². The molecule has 0 unspecified atom stereocenters. The molecule has 0 bridgehead atoms. The maximum atomic E-state index is 10.8. The Bertz CT molecular complexity index is 716. The number of unbranched alkanes of at least 4 members (excludes halogenated alkanes) is 2. The van der Waals surface area contributed by atoms with Gasteiger partial charge in [-0.15, -0.1) is 0 Å². The fourth-order valence-corrected chi connectivity index (χ4v) is 2.18. The highest BCUT2D eigenvalue weighted by Crippen LogP contribution is 2.17. The van der Waals surface area contributed by atoms with E-state index in [2.05, 4.69) is 4.98 Å². The highest BCUT2D eigenvalue weighted by molar-refractivity contribution is 5.77. The number of benzene rings is 1. The fourth-order valence-electron chi connectivity index (χ4n) is 2.18. The number of carbonyl (C=O) groups excluding carboxylic acids is 1. The summed E-state index contributed by atoms with van der Waals surface area (Å²) in [6.45, 7) is 2.97. The number of nitro groups is 1. The first-order valence-electron chi connectivity index (χ1n) is 8.02. The molecule has 0 saturated carbocycles. The second-order valence-corrected chi connectivity index (χ2v) is 5.51. The monoisotopic (exact) mass is 344 g/mol. The highest BCUT2D eigenvalue weighted by atomic mass is 16.6. The molecule has 0 radical (unpaired) electrons. The van der Waals surface area contributed by atoms with E-state index in [1.54, 1.807) is 12.1 Å². The van der Waals surface area contributed by atoms with Crippen molar-refractivity contribution in [2.24, 2.45) is 0 Å². The van der Waals surface area contributed by atoms with Crippen molar-refractivity contribution in [3.8, 4) is 11.6 Å². The maximum Gasteiger partial charge on any atom is 0.287 e. The van der Waals surface area contributed by atoms with Crippen LogP contribution in [0.5, 0.6) is 11.6 Å². The predicted molar refractivity (Wildman–Crippen MR) is 92.3 cm³/mol. The van der Waals surface area contributed by atoms with Crippen LogP contribution in [0.3, 0.4) is 0 Å². The minimum Gasteiger partial charge on any atom is -0.494 e. The molecule has 7 nitrogen and oxygen atoms in total. The van der Waals surface area contributed by atoms with Gasteiger partial charge in [0.25, 0.3) is 5.69 Å². The minimum atomic E-state index is -0.495. The third-order valence-electron chi connectivity index (χ3n) is 3.61. The Kier molecular flexibility index (Phi) is 6.88. The van der Waals surface area contributed by atoms with E-state index >= 15 is 0 Å². The lowest BCUT2D eigenvalue weighted by Crippen LogP contribution is -2.02. The molecule has 25 heavy (non-hydrogen) atoms. The van der Waals surface area contributed by atoms with Crippen LogP contribution in [0, 0.1) is 17.0 Å². The van der Waals surface area contributed by atoms with E-state index in [1.807, 2.05) is 13.0 Å². The predicted octanol–water partition coefficient (Wildman–Crippen LogP) is 3.74. The zero-order chi connectivity index (χ0) is 18.1. The SMILES string of the molecule is Cc1cc(OCCCCCOc2ccc([N+](=O)[O-])cn2)ccc1C=O. The van der Waals surface area contributed by atoms with Crippen LogP contribution in [0.1, 0.15) is 35.2 Å². The summed E-state index contributed by atoms with van der Waals surface area (Å²) >= 11 is 0. The third kappa shape index (κ3) is 5.87. The average molecular weight is 344 g/mol. The highest BCUT2D eigenvalue weighted by Gasteiger charge is 2.05. The molecule has 2 rings (SSSR count). The van der Waals surface area contributed by atoms with E-state index in [9.17, 15) is 14.9 Å². The van der Waals surface area contributed by atoms with Gasteiger partial charge in [0.15, 0.2) is 0 Å². The number of rotatable bonds is 10. The average Bonchev–Trinajstić information content (AvgIpc) is 2.61. The number of aldehydes is 1. The molecule has 132 valence electrons. The molecule has 0 fully saturated rings. The van der Waals surface area contributed by atoms with E-state index in [0.717, 1.165) is 36.9 Å². The van der Waals surface area contributed by atoms with Crippen molar-refractivity contribution in [3.63, 3.8) is 0 Å². The van der Waals surface area contributed by atoms with Crippen molar-refractivity contribution >= 4 is 12.0 Å². The normalized spacial score (nSPS) is 10.3. The molecule has 7 heteroatoms. The van der Waals surface area contributed by atoms with Gasteiger partial charge in [-0.2, -0.15) is 0 Å². The van der Waals surface area contributed by atoms with Crippen molar-refractivity contribution in [1.29, 1.82) is 0 Å². The fraction of sp³-hybridized carbons (Fsp3) is 0.333. The Morgan fingerprint density at radius 3 is 2.48 bits per heavy atom. The van der Waals surface area contributed by atoms with E-state index in [4.69, 9.17) is 9.47 Å². The van der Waals surface area contributed by atoms with Gasteiger partial charge < -0.3 is 9.47 Å². The largest absolute Gasteiger partial charge is 0.494 e. The number of ether oxygens (including phenoxy) is 2. The second kappa shape index (κ2) is 9.36. The molecule has 0 atom stereocenters. The molecular formula is C18H20N2O5. The quantitative estimate of drug-likeness (QED) is 0.282. The number of aromatic nitrogens is 1. The van der Waals surface area contributed by atoms with Gasteiger partial charge in [-0.05, 0) is 49.9 Å². The van der Waals surface area contributed by atoms with Gasteiger partial charge in [-0.25, -0.2) is 4.98 Å². The third-order valence-corrected chi connectivity index (χ3v) is 3.61. The molecule has 0 aliphatic rings. The second-order valence-electron chi connectivity index (χ2n) is 5.51. The molecule has 0 spiro atoms. The summed E-state index contributed by atoms with van der Waals surface area (Å²) in [4.78, 5) is 24.7. The first-order valence-corrected chi connectivity index (χ1v) is 8.02. The van der Waals surface area contributed by atoms with Crippen molar-refractivity contribution < 1.29 is 19.2 Å². The summed E-state index contributed by atoms with van der Waals surface area (Å²) in [5.41, 5.74) is 1.52. The summed E-state index contributed by atoms with van der Waals surface area (Å²) in [5.74, 6) is 1.14. The number of carbonyl (C=O) groups is 1. The van der Waals surface area contributed by atoms with Gasteiger partial charge in [0.05, 0.1) is 18.1 Å². The lowest BCUT2D eigenvalue weighted by atomic mass is 10.1. The van der Waals surface area contributed by atoms with Gasteiger partial charge in [0.1, 0.15) is 18.2 Å². The van der Waals surface area contributed by atoms with E-state index in [0.29, 0.717) is 24.7 Å². The summed E-state index contributed by atoms with van der Waals surface area (Å²) < 4.78 is 11.1. The Hall–Kier alpha value is -2.96. The van der Waals surface area contributed by atoms with Crippen molar-refractivity contribution in [1.82, 2.24) is 4.98 Å². The Labute approximate surface area is 145 Å². The Balaban J connectivity index is 1.59. The van der Waals surface area contributed by atoms with Crippen LogP contribution >= 0.6 is 0 Å². The first kappa shape index (κ1) is 18.4. The molecule has 0 aliphatic heterocycles. The summed E-state index contributed by atoms with van der Waals surface area (Å²) in [6.07, 6.45) is 4.66. The van der Waals surface area contributed by atoms with Gasteiger partial charge in [-0.1, -0.05) is 0 Å². The van der Waals surface area contributed by atoms with Crippen LogP contribution in [-0.4, -0.2) is 29.4 Å². The number of aryl methyl sites for hydroxylation is 1. The number of pyridine rings is 1. The zero-order valence-corrected chi connectivity index (χ0v) is 14.0. The summed E-state index contributed by atoms with van der Waals surface area (Å²) in [6, 6.07) is 8.26. The standard InChI is InChI=1S/C18H20N2O5/c1-14-11-17(7-5-15(14)13-21)24-9-3-2-4-10-25-18-8-6-16(12-19-18)20(22)23/h5-8,11-13H,2-4,9-10H2,1H3. The summed E-state index contributed by atoms with van der Waals surface area (Å²) in [5, 5.41) is 10.5. The van der Waals surface area contributed by atoms with Crippen LogP contribution in [0.15, 0.2) is 36.5 Å². The first-order chi connectivity index (χ1) is 12.1. The van der Waals surface area contributed by atoms with Crippen molar-refractivity contribution in [2.75, 3.05) is 13.2 Å². The van der Waals surface area contributed by atoms with Crippen LogP contribution in [0.4, 0.5) is 5.69 Å². The van der Waals surface area contributed by atoms with E-state index in [-0.39, 0.29) is 5.69 Å². The zero-order valence-electron chi connectivity index (χ0n) is 14.0. The molecule has 0 amide bonds. The van der Waals surface area contributed by atoms with Crippen LogP contribution in [0.25, 0.3) is 0 Å². The molecule has 0 aliphatic carbocycles. The van der Waals surface area contributed by atoms with Gasteiger partial charge in [0, 0.05) is 17.7 Å². The van der Waals surface area contributed by atoms with E-state index < -0.39 is 4.92 Å². The Morgan fingerprint density at radius 2 is 1.88 bits per heavy atom. The van der Waals surface area contributed by atoms with Crippen molar-refractivity contribution in [3.05, 3.63) is 57.8 Å². The maximum absolute atomic E-state index is 10.8. The van der Waals surface area contributed by atoms with Crippen molar-refractivity contribution in [2.45, 2.75) is 26.2 Å². The molecule has 1 heterocycles. The molecule has 2 aromatic rings. The number of hydrogen-bond acceptors (Lipinski definition) is 6. The van der Waals surface area contributed by atoms with E-state index in [1.165, 1.54) is 18.3 Å². The molecule has 0 saturated heterocycles. The molecular weight excluding hydrogens is 324 g/mol. The lowest BCUT2D eigenvalue weighted by Gasteiger charge is -2.08. The molecule has 0 N–H and O–H groups in total. The summed E-state index contributed by atoms with van der Waals surface area (Å²) in [7, 11) is 0. The van der Waals surface area contributed by atoms with Gasteiger partial charge in [0.2, 0.25) is 5.88 Å². The van der Waals surface area contributed by atoms with Gasteiger partial charge >= 0.3 is 0 Å². The molecule has 1 aromatic carbocycles. The van der Waals surface area contributed by atoms with Gasteiger partial charge in [-0.3, -0.25) is 14.9 Å². The minimum absolute atomic E-state index is 0.0547. The van der Waals surface area contributed by atoms with Crippen LogP contribution in [-0.2, 0) is 0 Å². The Morgan fingerprint density at radius 1 is 1.12 bits per heavy atom. The lowest BCUT2D eigenvalue weighted by molar-refractivity contribution is -0.385. The smallest absolute Gasteiger partial charge is 0.287 e. The molecule has 1 aromatic heterocycles. The number of hydrogen-bond donors (Lipinski definition) is 0. The number of nitrogens with zero attached hydrogens (tertiary/aromatic N) is 2. The van der Waals surface area contributed by atoms with Crippen LogP contribution < -0.4 is 9.47 Å².